The highest BCUT2D eigenvalue weighted by molar-refractivity contribution is 6.11. The first kappa shape index (κ1) is 30.3. The Bertz CT molecular complexity index is 1330. The lowest BCUT2D eigenvalue weighted by Crippen LogP contribution is -2.37. The molecule has 0 atom stereocenters. The number of aliphatic imine (C=N–C) groups is 2. The van der Waals surface area contributed by atoms with Gasteiger partial charge in [0.05, 0.1) is 30.8 Å². The molecule has 0 unspecified atom stereocenters. The van der Waals surface area contributed by atoms with Crippen molar-refractivity contribution in [2.45, 2.75) is 34.6 Å². The monoisotopic (exact) mass is 547 g/mol. The van der Waals surface area contributed by atoms with Crippen LogP contribution in [0, 0.1) is 19.3 Å². The van der Waals surface area contributed by atoms with E-state index in [1.807, 2.05) is 37.9 Å². The Morgan fingerprint density at radius 3 is 2.52 bits per heavy atom. The number of carbonyl (C=O) groups is 1. The number of amidine groups is 2. The zero-order valence-electron chi connectivity index (χ0n) is 24.6. The molecule has 2 aromatic rings. The largest absolute Gasteiger partial charge is 0.391 e. The highest BCUT2D eigenvalue weighted by Gasteiger charge is 2.20. The minimum Gasteiger partial charge on any atom is -0.391 e. The third kappa shape index (κ3) is 7.44. The van der Waals surface area contributed by atoms with Crippen molar-refractivity contribution in [1.29, 1.82) is 0 Å². The number of ether oxygens (including phenoxy) is 1. The number of hydrogen-bond acceptors (Lipinski definition) is 9. The van der Waals surface area contributed by atoms with E-state index in [9.17, 15) is 4.79 Å². The Balaban J connectivity index is 1.97. The lowest BCUT2D eigenvalue weighted by molar-refractivity contribution is 0.0977. The summed E-state index contributed by atoms with van der Waals surface area (Å²) in [5, 5.41) is 9.13. The molecule has 1 aromatic carbocycles. The molecule has 214 valence electrons. The van der Waals surface area contributed by atoms with Crippen LogP contribution in [-0.2, 0) is 4.74 Å². The number of aryl methyl sites for hydroxylation is 1. The summed E-state index contributed by atoms with van der Waals surface area (Å²) < 4.78 is 5.45. The van der Waals surface area contributed by atoms with Crippen LogP contribution >= 0.6 is 0 Å². The van der Waals surface area contributed by atoms with Gasteiger partial charge in [-0.05, 0) is 49.4 Å². The van der Waals surface area contributed by atoms with Gasteiger partial charge in [-0.3, -0.25) is 9.79 Å². The van der Waals surface area contributed by atoms with Crippen molar-refractivity contribution in [1.82, 2.24) is 20.6 Å². The molecule has 1 saturated heterocycles. The molecule has 1 aromatic heterocycles. The summed E-state index contributed by atoms with van der Waals surface area (Å²) in [5.74, 6) is 0.875. The van der Waals surface area contributed by atoms with E-state index in [-0.39, 0.29) is 17.2 Å². The van der Waals surface area contributed by atoms with Crippen molar-refractivity contribution in [2.24, 2.45) is 21.1 Å². The number of benzene rings is 1. The van der Waals surface area contributed by atoms with Gasteiger partial charge in [-0.2, -0.15) is 0 Å². The number of anilines is 2. The van der Waals surface area contributed by atoms with Crippen molar-refractivity contribution in [3.05, 3.63) is 65.3 Å². The number of aromatic nitrogens is 2. The van der Waals surface area contributed by atoms with E-state index >= 15 is 0 Å². The van der Waals surface area contributed by atoms with Crippen LogP contribution in [0.15, 0.2) is 52.9 Å². The Morgan fingerprint density at radius 2 is 1.93 bits per heavy atom. The van der Waals surface area contributed by atoms with Gasteiger partial charge >= 0.3 is 0 Å². The Hall–Kier alpha value is -4.25. The first-order chi connectivity index (χ1) is 19.0. The first-order valence-corrected chi connectivity index (χ1v) is 13.2. The minimum absolute atomic E-state index is 0.142. The molecule has 0 aliphatic carbocycles. The van der Waals surface area contributed by atoms with Crippen molar-refractivity contribution in [3.63, 3.8) is 0 Å². The van der Waals surface area contributed by atoms with E-state index in [1.165, 1.54) is 6.20 Å². The second-order valence-corrected chi connectivity index (χ2v) is 10.4. The van der Waals surface area contributed by atoms with Gasteiger partial charge < -0.3 is 31.3 Å². The van der Waals surface area contributed by atoms with Gasteiger partial charge in [0.2, 0.25) is 5.95 Å². The molecular formula is C29H41N9O2. The smallest absolute Gasteiger partial charge is 0.256 e. The van der Waals surface area contributed by atoms with Crippen molar-refractivity contribution >= 4 is 34.9 Å². The van der Waals surface area contributed by atoms with Crippen LogP contribution in [0.2, 0.25) is 0 Å². The second kappa shape index (κ2) is 13.2. The molecule has 1 aliphatic heterocycles. The van der Waals surface area contributed by atoms with E-state index in [2.05, 4.69) is 53.3 Å². The number of nitrogens with zero attached hydrogens (tertiary/aromatic N) is 5. The number of nitrogens with one attached hydrogen (secondary N) is 3. The third-order valence-electron chi connectivity index (χ3n) is 6.55. The maximum absolute atomic E-state index is 13.3. The van der Waals surface area contributed by atoms with E-state index < -0.39 is 0 Å². The third-order valence-corrected chi connectivity index (χ3v) is 6.55. The fourth-order valence-electron chi connectivity index (χ4n) is 4.12. The Labute approximate surface area is 236 Å². The van der Waals surface area contributed by atoms with Crippen LogP contribution < -0.4 is 26.6 Å². The quantitative estimate of drug-likeness (QED) is 0.291. The van der Waals surface area contributed by atoms with Gasteiger partial charge in [0.15, 0.2) is 5.84 Å². The summed E-state index contributed by atoms with van der Waals surface area (Å²) in [5.41, 5.74) is 11.1. The topological polar surface area (TPSA) is 142 Å². The molecule has 1 fully saturated rings. The summed E-state index contributed by atoms with van der Waals surface area (Å²) in [7, 11) is 3.49. The molecular weight excluding hydrogens is 506 g/mol. The van der Waals surface area contributed by atoms with Crippen molar-refractivity contribution in [2.75, 3.05) is 50.6 Å². The number of nitrogens with two attached hydrogens (primary N) is 1. The van der Waals surface area contributed by atoms with Crippen LogP contribution in [0.5, 0.6) is 0 Å². The molecule has 40 heavy (non-hydrogen) atoms. The summed E-state index contributed by atoms with van der Waals surface area (Å²) in [6.07, 6.45) is 5.03. The average molecular weight is 548 g/mol. The van der Waals surface area contributed by atoms with E-state index in [0.29, 0.717) is 60.7 Å². The molecule has 11 nitrogen and oxygen atoms in total. The van der Waals surface area contributed by atoms with Crippen molar-refractivity contribution < 1.29 is 9.53 Å². The normalized spacial score (nSPS) is 15.1. The number of rotatable bonds is 8. The van der Waals surface area contributed by atoms with Crippen molar-refractivity contribution in [3.8, 4) is 0 Å². The van der Waals surface area contributed by atoms with E-state index in [4.69, 9.17) is 20.4 Å². The zero-order valence-corrected chi connectivity index (χ0v) is 24.6. The fraction of sp³-hybridized carbons (Fsp3) is 0.414. The Kier molecular flexibility index (Phi) is 10.0. The maximum atomic E-state index is 13.3. The number of amides is 1. The summed E-state index contributed by atoms with van der Waals surface area (Å²) >= 11 is 0. The summed E-state index contributed by atoms with van der Waals surface area (Å²) in [4.78, 5) is 33.5. The van der Waals surface area contributed by atoms with Crippen LogP contribution in [-0.4, -0.2) is 67.9 Å². The summed E-state index contributed by atoms with van der Waals surface area (Å²) in [6.45, 7) is 16.4. The molecule has 1 amide bonds. The average Bonchev–Trinajstić information content (AvgIpc) is 2.93. The number of morpholine rings is 1. The fourth-order valence-corrected chi connectivity index (χ4v) is 4.12. The standard InChI is InChI=1S/C29H41N9O2/c1-9-33-22-17-34-28(38-10-12-40-13-11-38)37-25(22)26(30)35-21-15-20(14-18(2)19(21)3)27(39)36-24(32-8)16-23(31-7)29(4,5)6/h9,14-17,31,33H,1,10-13H2,2-8H3,(H2,30,35)(H,32,36,39). The SMILES string of the molecule is C=CNc1cnc(N2CCOCC2)nc1C(N)=Nc1cc(C(=O)NC(C=C(NC)C(C)(C)C)=NC)cc(C)c1C. The number of allylic oxidation sites excluding steroid dienone is 1. The van der Waals surface area contributed by atoms with Crippen LogP contribution in [0.1, 0.15) is 48.0 Å². The number of hydrogen-bond donors (Lipinski definition) is 4. The van der Waals surface area contributed by atoms with Crippen LogP contribution in [0.3, 0.4) is 0 Å². The molecule has 2 heterocycles. The molecule has 5 N–H and O–H groups in total. The molecule has 0 spiro atoms. The highest BCUT2D eigenvalue weighted by Crippen LogP contribution is 2.26. The maximum Gasteiger partial charge on any atom is 0.256 e. The summed E-state index contributed by atoms with van der Waals surface area (Å²) in [6, 6.07) is 3.54. The van der Waals surface area contributed by atoms with Gasteiger partial charge in [0.25, 0.3) is 5.91 Å². The Morgan fingerprint density at radius 1 is 1.23 bits per heavy atom. The molecule has 0 bridgehead atoms. The molecule has 1 aliphatic rings. The van der Waals surface area contributed by atoms with Crippen LogP contribution in [0.4, 0.5) is 17.3 Å². The lowest BCUT2D eigenvalue weighted by Gasteiger charge is -2.27. The minimum atomic E-state index is -0.301. The first-order valence-electron chi connectivity index (χ1n) is 13.2. The van der Waals surface area contributed by atoms with Gasteiger partial charge in [-0.1, -0.05) is 27.4 Å². The van der Waals surface area contributed by atoms with Gasteiger partial charge in [-0.25, -0.2) is 15.0 Å². The highest BCUT2D eigenvalue weighted by atomic mass is 16.5. The van der Waals surface area contributed by atoms with Crippen LogP contribution in [0.25, 0.3) is 0 Å². The second-order valence-electron chi connectivity index (χ2n) is 10.4. The molecule has 0 saturated carbocycles. The predicted molar refractivity (Wildman–Crippen MR) is 163 cm³/mol. The molecule has 3 rings (SSSR count). The zero-order chi connectivity index (χ0) is 29.4. The van der Waals surface area contributed by atoms with Gasteiger partial charge in [0, 0.05) is 43.9 Å². The lowest BCUT2D eigenvalue weighted by atomic mass is 9.91. The van der Waals surface area contributed by atoms with E-state index in [0.717, 1.165) is 16.8 Å². The predicted octanol–water partition coefficient (Wildman–Crippen LogP) is 3.43. The van der Waals surface area contributed by atoms with Gasteiger partial charge in [0.1, 0.15) is 11.5 Å². The molecule has 0 radical (unpaired) electrons. The number of carbonyl (C=O) groups excluding carboxylic acids is 1. The van der Waals surface area contributed by atoms with Gasteiger partial charge in [-0.15, -0.1) is 0 Å². The van der Waals surface area contributed by atoms with E-state index in [1.54, 1.807) is 19.3 Å². The molecule has 11 heteroatoms.